The average molecular weight is 471 g/mol. The van der Waals surface area contributed by atoms with Crippen molar-refractivity contribution in [1.82, 2.24) is 0 Å². The number of amides is 1. The largest absolute Gasteiger partial charge is 0.508 e. The highest BCUT2D eigenvalue weighted by atomic mass is 19.4. The van der Waals surface area contributed by atoms with Crippen LogP contribution in [0.25, 0.3) is 5.76 Å². The number of hydrogen-bond donors (Lipinski definition) is 2. The van der Waals surface area contributed by atoms with E-state index < -0.39 is 41.0 Å². The summed E-state index contributed by atoms with van der Waals surface area (Å²) in [4.78, 5) is 27.0. The number of benzene rings is 3. The van der Waals surface area contributed by atoms with Gasteiger partial charge in [0, 0.05) is 11.3 Å². The molecule has 174 valence electrons. The zero-order valence-electron chi connectivity index (χ0n) is 17.6. The van der Waals surface area contributed by atoms with Crippen molar-refractivity contribution in [2.45, 2.75) is 19.1 Å². The average Bonchev–Trinajstić information content (AvgIpc) is 3.05. The Morgan fingerprint density at radius 1 is 0.971 bits per heavy atom. The van der Waals surface area contributed by atoms with Gasteiger partial charge < -0.3 is 10.2 Å². The molecule has 0 aliphatic carbocycles. The number of halogens is 4. The lowest BCUT2D eigenvalue weighted by Gasteiger charge is -2.26. The molecule has 1 aliphatic heterocycles. The molecule has 9 heteroatoms. The summed E-state index contributed by atoms with van der Waals surface area (Å²) >= 11 is 0. The van der Waals surface area contributed by atoms with Crippen molar-refractivity contribution < 1.29 is 37.4 Å². The summed E-state index contributed by atoms with van der Waals surface area (Å²) in [6.07, 6.45) is -4.60. The maximum Gasteiger partial charge on any atom is 0.416 e. The number of phenols is 1. The van der Waals surface area contributed by atoms with Crippen LogP contribution >= 0.6 is 0 Å². The van der Waals surface area contributed by atoms with Crippen molar-refractivity contribution in [1.29, 1.82) is 0 Å². The predicted octanol–water partition coefficient (Wildman–Crippen LogP) is 5.48. The molecule has 2 N–H and O–H groups in total. The van der Waals surface area contributed by atoms with E-state index in [-0.39, 0.29) is 33.7 Å². The molecule has 1 saturated heterocycles. The first-order chi connectivity index (χ1) is 16.0. The molecule has 1 unspecified atom stereocenters. The van der Waals surface area contributed by atoms with Crippen LogP contribution in [0.1, 0.15) is 28.3 Å². The fraction of sp³-hybridized carbons (Fsp3) is 0.120. The number of ketones is 1. The van der Waals surface area contributed by atoms with Gasteiger partial charge in [0.1, 0.15) is 17.3 Å². The Bertz CT molecular complexity index is 1330. The Morgan fingerprint density at radius 3 is 2.24 bits per heavy atom. The van der Waals surface area contributed by atoms with Crippen molar-refractivity contribution in [3.8, 4) is 5.75 Å². The molecule has 0 spiro atoms. The van der Waals surface area contributed by atoms with Crippen LogP contribution in [-0.4, -0.2) is 21.9 Å². The molecule has 0 saturated carbocycles. The fourth-order valence-corrected chi connectivity index (χ4v) is 3.87. The van der Waals surface area contributed by atoms with Crippen LogP contribution in [0.5, 0.6) is 5.75 Å². The smallest absolute Gasteiger partial charge is 0.416 e. The predicted molar refractivity (Wildman–Crippen MR) is 115 cm³/mol. The number of carbonyl (C=O) groups excluding carboxylic acids is 2. The summed E-state index contributed by atoms with van der Waals surface area (Å²) in [5.41, 5.74) is -0.799. The first kappa shape index (κ1) is 23.0. The van der Waals surface area contributed by atoms with Crippen molar-refractivity contribution in [3.05, 3.63) is 100 Å². The summed E-state index contributed by atoms with van der Waals surface area (Å²) in [7, 11) is 0. The van der Waals surface area contributed by atoms with Crippen LogP contribution in [0.15, 0.2) is 72.3 Å². The van der Waals surface area contributed by atoms with Gasteiger partial charge in [-0.1, -0.05) is 12.1 Å². The monoisotopic (exact) mass is 471 g/mol. The van der Waals surface area contributed by atoms with E-state index in [0.29, 0.717) is 0 Å². The van der Waals surface area contributed by atoms with E-state index in [1.807, 2.05) is 0 Å². The van der Waals surface area contributed by atoms with Gasteiger partial charge in [-0.05, 0) is 72.6 Å². The Kier molecular flexibility index (Phi) is 5.64. The molecule has 1 heterocycles. The van der Waals surface area contributed by atoms with E-state index in [4.69, 9.17) is 0 Å². The standard InChI is InChI=1S/C25H17F4NO4/c1-13-11-15(5-10-19(13)26)22(32)20-21(14-3-2-4-18(31)12-14)30(24(34)23(20)33)17-8-6-16(7-9-17)25(27,28)29/h2-12,21,31-32H,1H3/b22-20-. The van der Waals surface area contributed by atoms with E-state index in [1.54, 1.807) is 0 Å². The van der Waals surface area contributed by atoms with Gasteiger partial charge in [0.2, 0.25) is 0 Å². The normalized spacial score (nSPS) is 17.9. The van der Waals surface area contributed by atoms with Gasteiger partial charge in [0.15, 0.2) is 0 Å². The lowest BCUT2D eigenvalue weighted by Crippen LogP contribution is -2.29. The molecule has 3 aromatic carbocycles. The number of nitrogens with zero attached hydrogens (tertiary/aromatic N) is 1. The number of anilines is 1. The molecule has 34 heavy (non-hydrogen) atoms. The first-order valence-electron chi connectivity index (χ1n) is 10.0. The molecule has 5 nitrogen and oxygen atoms in total. The molecular formula is C25H17F4NO4. The van der Waals surface area contributed by atoms with Gasteiger partial charge in [-0.3, -0.25) is 14.5 Å². The number of Topliss-reactive ketones (excluding diaryl/α,β-unsaturated/α-hetero) is 1. The molecule has 1 atom stereocenters. The number of aromatic hydroxyl groups is 1. The summed E-state index contributed by atoms with van der Waals surface area (Å²) < 4.78 is 52.8. The van der Waals surface area contributed by atoms with E-state index in [1.165, 1.54) is 43.3 Å². The van der Waals surface area contributed by atoms with Gasteiger partial charge in [-0.2, -0.15) is 13.2 Å². The topological polar surface area (TPSA) is 77.8 Å². The number of carbonyl (C=O) groups is 2. The number of aliphatic hydroxyl groups excluding tert-OH is 1. The lowest BCUT2D eigenvalue weighted by molar-refractivity contribution is -0.137. The van der Waals surface area contributed by atoms with Crippen LogP contribution < -0.4 is 4.90 Å². The molecule has 1 fully saturated rings. The maximum absolute atomic E-state index is 13.7. The summed E-state index contributed by atoms with van der Waals surface area (Å²) in [6.45, 7) is 1.46. The van der Waals surface area contributed by atoms with E-state index in [2.05, 4.69) is 0 Å². The third-order valence-corrected chi connectivity index (χ3v) is 5.53. The van der Waals surface area contributed by atoms with Crippen LogP contribution in [0.4, 0.5) is 23.2 Å². The Balaban J connectivity index is 1.92. The summed E-state index contributed by atoms with van der Waals surface area (Å²) in [6, 6.07) is 11.6. The maximum atomic E-state index is 13.7. The molecule has 0 radical (unpaired) electrons. The highest BCUT2D eigenvalue weighted by Crippen LogP contribution is 2.43. The van der Waals surface area contributed by atoms with Gasteiger partial charge in [0.05, 0.1) is 17.2 Å². The summed E-state index contributed by atoms with van der Waals surface area (Å²) in [5.74, 6) is -3.45. The minimum atomic E-state index is -4.60. The fourth-order valence-electron chi connectivity index (χ4n) is 3.87. The van der Waals surface area contributed by atoms with Crippen LogP contribution in [0, 0.1) is 12.7 Å². The second kappa shape index (κ2) is 8.33. The Labute approximate surface area is 191 Å². The van der Waals surface area contributed by atoms with E-state index in [0.717, 1.165) is 35.2 Å². The van der Waals surface area contributed by atoms with Gasteiger partial charge in [-0.15, -0.1) is 0 Å². The Morgan fingerprint density at radius 2 is 1.65 bits per heavy atom. The SMILES string of the molecule is Cc1cc(/C(O)=C2/C(=O)C(=O)N(c3ccc(C(F)(F)F)cc3)C2c2cccc(O)c2)ccc1F. The first-order valence-corrected chi connectivity index (χ1v) is 10.0. The number of aryl methyl sites for hydroxylation is 1. The number of hydrogen-bond acceptors (Lipinski definition) is 4. The van der Waals surface area contributed by atoms with Crippen molar-refractivity contribution in [3.63, 3.8) is 0 Å². The Hall–Kier alpha value is -4.14. The molecule has 0 bridgehead atoms. The lowest BCUT2D eigenvalue weighted by atomic mass is 9.94. The van der Waals surface area contributed by atoms with Crippen molar-refractivity contribution in [2.24, 2.45) is 0 Å². The highest BCUT2D eigenvalue weighted by molar-refractivity contribution is 6.51. The van der Waals surface area contributed by atoms with Crippen LogP contribution in [0.3, 0.4) is 0 Å². The molecule has 4 rings (SSSR count). The molecule has 1 aliphatic rings. The number of aliphatic hydroxyl groups is 1. The van der Waals surface area contributed by atoms with Crippen LogP contribution in [0.2, 0.25) is 0 Å². The number of alkyl halides is 3. The van der Waals surface area contributed by atoms with E-state index >= 15 is 0 Å². The highest BCUT2D eigenvalue weighted by Gasteiger charge is 2.47. The summed E-state index contributed by atoms with van der Waals surface area (Å²) in [5, 5.41) is 20.9. The zero-order valence-corrected chi connectivity index (χ0v) is 17.6. The van der Waals surface area contributed by atoms with Crippen molar-refractivity contribution in [2.75, 3.05) is 4.90 Å². The van der Waals surface area contributed by atoms with Crippen molar-refractivity contribution >= 4 is 23.1 Å². The number of phenolic OH excluding ortho intramolecular Hbond substituents is 1. The molecule has 0 aromatic heterocycles. The van der Waals surface area contributed by atoms with Gasteiger partial charge >= 0.3 is 6.18 Å². The second-order valence-electron chi connectivity index (χ2n) is 7.77. The minimum Gasteiger partial charge on any atom is -0.508 e. The quantitative estimate of drug-likeness (QED) is 0.229. The molecule has 3 aromatic rings. The van der Waals surface area contributed by atoms with Gasteiger partial charge in [-0.25, -0.2) is 4.39 Å². The molecule has 1 amide bonds. The minimum absolute atomic E-state index is 0.0159. The molecular weight excluding hydrogens is 454 g/mol. The van der Waals surface area contributed by atoms with Crippen LogP contribution in [-0.2, 0) is 15.8 Å². The second-order valence-corrected chi connectivity index (χ2v) is 7.77. The zero-order chi connectivity index (χ0) is 24.8. The third kappa shape index (κ3) is 4.00. The third-order valence-electron chi connectivity index (χ3n) is 5.53. The number of rotatable bonds is 3. The van der Waals surface area contributed by atoms with E-state index in [9.17, 15) is 37.4 Å². The van der Waals surface area contributed by atoms with Gasteiger partial charge in [0.25, 0.3) is 11.7 Å².